The number of carbonyl (C=O) groups excluding carboxylic acids is 1. The number of para-hydroxylation sites is 1. The average molecular weight is 570 g/mol. The van der Waals surface area contributed by atoms with Gasteiger partial charge in [0, 0.05) is 11.3 Å². The van der Waals surface area contributed by atoms with Crippen molar-refractivity contribution in [1.82, 2.24) is 0 Å². The van der Waals surface area contributed by atoms with E-state index < -0.39 is 26.0 Å². The summed E-state index contributed by atoms with van der Waals surface area (Å²) in [7, 11) is -7.75. The Morgan fingerprint density at radius 2 is 1.24 bits per heavy atom. The van der Waals surface area contributed by atoms with E-state index in [1.165, 1.54) is 42.5 Å². The molecule has 0 spiro atoms. The number of sulfonamides is 2. The standard InChI is InChI=1S/C27H24ClN3O5S2/c1-18-7-13-22(14-8-18)38(35,36)31-26-17-20(10-9-19(26)2)27(32)29-21-11-15-23(16-12-21)37(33,34)30-25-6-4-3-5-24(25)28/h3-17,30-31H,1-2H3,(H,29,32). The van der Waals surface area contributed by atoms with Gasteiger partial charge < -0.3 is 5.32 Å². The van der Waals surface area contributed by atoms with E-state index in [-0.39, 0.29) is 31.8 Å². The summed E-state index contributed by atoms with van der Waals surface area (Å²) in [6.07, 6.45) is 0. The zero-order valence-corrected chi connectivity index (χ0v) is 22.8. The largest absolute Gasteiger partial charge is 0.322 e. The summed E-state index contributed by atoms with van der Waals surface area (Å²) in [6, 6.07) is 23.2. The summed E-state index contributed by atoms with van der Waals surface area (Å²) < 4.78 is 56.0. The molecule has 38 heavy (non-hydrogen) atoms. The molecule has 0 unspecified atom stereocenters. The van der Waals surface area contributed by atoms with Crippen molar-refractivity contribution in [2.45, 2.75) is 23.6 Å². The SMILES string of the molecule is Cc1ccc(S(=O)(=O)Nc2cc(C(=O)Nc3ccc(S(=O)(=O)Nc4ccccc4Cl)cc3)ccc2C)cc1. The van der Waals surface area contributed by atoms with Crippen LogP contribution in [0.3, 0.4) is 0 Å². The highest BCUT2D eigenvalue weighted by molar-refractivity contribution is 7.93. The predicted octanol–water partition coefficient (Wildman–Crippen LogP) is 5.81. The Bertz CT molecular complexity index is 1700. The Morgan fingerprint density at radius 1 is 0.684 bits per heavy atom. The summed E-state index contributed by atoms with van der Waals surface area (Å²) in [6.45, 7) is 3.59. The lowest BCUT2D eigenvalue weighted by Gasteiger charge is -2.13. The molecule has 196 valence electrons. The summed E-state index contributed by atoms with van der Waals surface area (Å²) in [5.74, 6) is -0.495. The number of benzene rings is 4. The molecule has 0 atom stereocenters. The van der Waals surface area contributed by atoms with Gasteiger partial charge >= 0.3 is 0 Å². The first-order valence-corrected chi connectivity index (χ1v) is 14.7. The molecule has 0 fully saturated rings. The van der Waals surface area contributed by atoms with E-state index in [1.54, 1.807) is 55.5 Å². The van der Waals surface area contributed by atoms with E-state index in [4.69, 9.17) is 11.6 Å². The molecule has 4 aromatic carbocycles. The van der Waals surface area contributed by atoms with E-state index in [0.717, 1.165) is 5.56 Å². The molecule has 0 aliphatic carbocycles. The van der Waals surface area contributed by atoms with Crippen LogP contribution in [0.2, 0.25) is 5.02 Å². The fraction of sp³-hybridized carbons (Fsp3) is 0.0741. The minimum Gasteiger partial charge on any atom is -0.322 e. The van der Waals surface area contributed by atoms with Crippen LogP contribution in [0.5, 0.6) is 0 Å². The van der Waals surface area contributed by atoms with Crippen molar-refractivity contribution in [3.63, 3.8) is 0 Å². The molecule has 0 saturated heterocycles. The number of nitrogens with one attached hydrogen (secondary N) is 3. The van der Waals surface area contributed by atoms with Crippen molar-refractivity contribution in [3.8, 4) is 0 Å². The highest BCUT2D eigenvalue weighted by atomic mass is 35.5. The van der Waals surface area contributed by atoms with E-state index in [9.17, 15) is 21.6 Å². The second-order valence-corrected chi connectivity index (χ2v) is 12.3. The summed E-state index contributed by atoms with van der Waals surface area (Å²) in [4.78, 5) is 13.0. The van der Waals surface area contributed by atoms with Crippen molar-refractivity contribution in [2.24, 2.45) is 0 Å². The number of hydrogen-bond acceptors (Lipinski definition) is 5. The fourth-order valence-electron chi connectivity index (χ4n) is 3.46. The lowest BCUT2D eigenvalue weighted by Crippen LogP contribution is -2.16. The van der Waals surface area contributed by atoms with Gasteiger partial charge in [0.1, 0.15) is 0 Å². The average Bonchev–Trinajstić information content (AvgIpc) is 2.87. The Labute approximate surface area is 226 Å². The molecule has 11 heteroatoms. The maximum absolute atomic E-state index is 12.9. The molecule has 3 N–H and O–H groups in total. The smallest absolute Gasteiger partial charge is 0.261 e. The Morgan fingerprint density at radius 3 is 1.84 bits per heavy atom. The monoisotopic (exact) mass is 569 g/mol. The third kappa shape index (κ3) is 6.34. The summed E-state index contributed by atoms with van der Waals surface area (Å²) in [5, 5.41) is 2.95. The number of rotatable bonds is 8. The summed E-state index contributed by atoms with van der Waals surface area (Å²) in [5.41, 5.74) is 2.66. The van der Waals surface area contributed by atoms with Crippen LogP contribution < -0.4 is 14.8 Å². The minimum atomic E-state index is -3.90. The van der Waals surface area contributed by atoms with Crippen molar-refractivity contribution in [1.29, 1.82) is 0 Å². The molecule has 8 nitrogen and oxygen atoms in total. The number of hydrogen-bond donors (Lipinski definition) is 3. The second-order valence-electron chi connectivity index (χ2n) is 8.51. The van der Waals surface area contributed by atoms with Gasteiger partial charge in [-0.2, -0.15) is 0 Å². The number of carbonyl (C=O) groups is 1. The molecule has 0 radical (unpaired) electrons. The first kappa shape index (κ1) is 27.2. The molecular formula is C27H24ClN3O5S2. The zero-order chi connectivity index (χ0) is 27.5. The van der Waals surface area contributed by atoms with Crippen molar-refractivity contribution >= 4 is 54.6 Å². The lowest BCUT2D eigenvalue weighted by atomic mass is 10.1. The van der Waals surface area contributed by atoms with Gasteiger partial charge in [0.2, 0.25) is 0 Å². The van der Waals surface area contributed by atoms with Crippen LogP contribution in [0.25, 0.3) is 0 Å². The normalized spacial score (nSPS) is 11.6. The fourth-order valence-corrected chi connectivity index (χ4v) is 5.90. The van der Waals surface area contributed by atoms with Crippen LogP contribution >= 0.6 is 11.6 Å². The van der Waals surface area contributed by atoms with Crippen molar-refractivity contribution < 1.29 is 21.6 Å². The maximum Gasteiger partial charge on any atom is 0.261 e. The van der Waals surface area contributed by atoms with Crippen LogP contribution in [-0.2, 0) is 20.0 Å². The van der Waals surface area contributed by atoms with Crippen LogP contribution in [0.15, 0.2) is 101 Å². The third-order valence-corrected chi connectivity index (χ3v) is 8.71. The van der Waals surface area contributed by atoms with Gasteiger partial charge in [-0.1, -0.05) is 47.5 Å². The lowest BCUT2D eigenvalue weighted by molar-refractivity contribution is 0.102. The molecular weight excluding hydrogens is 546 g/mol. The number of anilines is 3. The van der Waals surface area contributed by atoms with Crippen LogP contribution in [-0.4, -0.2) is 22.7 Å². The molecule has 0 aromatic heterocycles. The van der Waals surface area contributed by atoms with E-state index in [2.05, 4.69) is 14.8 Å². The number of aryl methyl sites for hydroxylation is 2. The number of halogens is 1. The molecule has 0 bridgehead atoms. The van der Waals surface area contributed by atoms with Gasteiger partial charge in [-0.15, -0.1) is 0 Å². The van der Waals surface area contributed by atoms with Crippen LogP contribution in [0.1, 0.15) is 21.5 Å². The first-order chi connectivity index (χ1) is 17.9. The second kappa shape index (κ2) is 10.9. The number of amides is 1. The van der Waals surface area contributed by atoms with Crippen molar-refractivity contribution in [3.05, 3.63) is 113 Å². The predicted molar refractivity (Wildman–Crippen MR) is 150 cm³/mol. The highest BCUT2D eigenvalue weighted by Gasteiger charge is 2.18. The molecule has 0 aliphatic rings. The molecule has 1 amide bonds. The minimum absolute atomic E-state index is 0.0152. The van der Waals surface area contributed by atoms with E-state index in [1.807, 2.05) is 6.92 Å². The highest BCUT2D eigenvalue weighted by Crippen LogP contribution is 2.25. The van der Waals surface area contributed by atoms with Gasteiger partial charge in [0.15, 0.2) is 0 Å². The Hall–Kier alpha value is -3.86. The Kier molecular flexibility index (Phi) is 7.77. The quantitative estimate of drug-likeness (QED) is 0.247. The zero-order valence-electron chi connectivity index (χ0n) is 20.4. The van der Waals surface area contributed by atoms with Crippen LogP contribution in [0.4, 0.5) is 17.1 Å². The van der Waals surface area contributed by atoms with Crippen molar-refractivity contribution in [2.75, 3.05) is 14.8 Å². The molecule has 0 heterocycles. The molecule has 0 aliphatic heterocycles. The molecule has 4 rings (SSSR count). The first-order valence-electron chi connectivity index (χ1n) is 11.3. The topological polar surface area (TPSA) is 121 Å². The van der Waals surface area contributed by atoms with Gasteiger partial charge in [-0.3, -0.25) is 14.2 Å². The third-order valence-electron chi connectivity index (χ3n) is 5.62. The molecule has 0 saturated carbocycles. The molecule has 4 aromatic rings. The summed E-state index contributed by atoms with van der Waals surface area (Å²) >= 11 is 6.04. The van der Waals surface area contributed by atoms with Gasteiger partial charge in [0.05, 0.1) is 26.2 Å². The van der Waals surface area contributed by atoms with Gasteiger partial charge in [-0.05, 0) is 80.1 Å². The van der Waals surface area contributed by atoms with E-state index in [0.29, 0.717) is 11.3 Å². The Balaban J connectivity index is 1.48. The van der Waals surface area contributed by atoms with Crippen LogP contribution in [0, 0.1) is 13.8 Å². The van der Waals surface area contributed by atoms with Gasteiger partial charge in [0.25, 0.3) is 26.0 Å². The van der Waals surface area contributed by atoms with E-state index >= 15 is 0 Å². The van der Waals surface area contributed by atoms with Gasteiger partial charge in [-0.25, -0.2) is 16.8 Å². The maximum atomic E-state index is 12.9.